The molecule has 0 fully saturated rings. The quantitative estimate of drug-likeness (QED) is 0.757. The summed E-state index contributed by atoms with van der Waals surface area (Å²) >= 11 is 0. The molecule has 25 heavy (non-hydrogen) atoms. The van der Waals surface area contributed by atoms with Crippen molar-refractivity contribution in [2.75, 3.05) is 7.11 Å². The molecular weight excluding hydrogens is 318 g/mol. The van der Waals surface area contributed by atoms with Crippen molar-refractivity contribution in [3.8, 4) is 0 Å². The van der Waals surface area contributed by atoms with E-state index in [2.05, 4.69) is 5.32 Å². The van der Waals surface area contributed by atoms with E-state index in [0.717, 1.165) is 16.3 Å². The number of aliphatic hydroxyl groups is 1. The molecule has 0 spiro atoms. The molecule has 0 bridgehead atoms. The number of esters is 1. The van der Waals surface area contributed by atoms with Crippen molar-refractivity contribution < 1.29 is 19.4 Å². The summed E-state index contributed by atoms with van der Waals surface area (Å²) in [6.07, 6.45) is -0.489. The van der Waals surface area contributed by atoms with Gasteiger partial charge in [0, 0.05) is 6.42 Å². The van der Waals surface area contributed by atoms with Gasteiger partial charge in [0.15, 0.2) is 0 Å². The fourth-order valence-electron chi connectivity index (χ4n) is 2.76. The van der Waals surface area contributed by atoms with Crippen LogP contribution in [0.2, 0.25) is 0 Å². The van der Waals surface area contributed by atoms with Crippen LogP contribution in [-0.4, -0.2) is 36.2 Å². The molecule has 2 aromatic rings. The molecule has 2 rings (SSSR count). The van der Waals surface area contributed by atoms with Gasteiger partial charge in [0.25, 0.3) is 0 Å². The molecule has 2 N–H and O–H groups in total. The number of fused-ring (bicyclic) bond motifs is 1. The molecule has 0 saturated heterocycles. The predicted octanol–water partition coefficient (Wildman–Crippen LogP) is 2.45. The Labute approximate surface area is 148 Å². The van der Waals surface area contributed by atoms with Crippen LogP contribution in [0.4, 0.5) is 0 Å². The Morgan fingerprint density at radius 2 is 1.80 bits per heavy atom. The number of carbonyl (C=O) groups is 2. The molecule has 0 aliphatic rings. The Morgan fingerprint density at radius 3 is 2.44 bits per heavy atom. The molecule has 0 unspecified atom stereocenters. The Hall–Kier alpha value is -2.40. The van der Waals surface area contributed by atoms with Gasteiger partial charge < -0.3 is 15.2 Å². The maximum Gasteiger partial charge on any atom is 0.328 e. The summed E-state index contributed by atoms with van der Waals surface area (Å²) in [5, 5.41) is 14.7. The second kappa shape index (κ2) is 8.62. The van der Waals surface area contributed by atoms with Crippen molar-refractivity contribution in [2.45, 2.75) is 38.8 Å². The van der Waals surface area contributed by atoms with Crippen LogP contribution in [0.25, 0.3) is 10.8 Å². The predicted molar refractivity (Wildman–Crippen MR) is 97.1 cm³/mol. The number of benzene rings is 2. The lowest BCUT2D eigenvalue weighted by Gasteiger charge is -2.20. The summed E-state index contributed by atoms with van der Waals surface area (Å²) in [6.45, 7) is 3.84. The zero-order valence-corrected chi connectivity index (χ0v) is 14.9. The number of hydrogen-bond acceptors (Lipinski definition) is 4. The molecule has 0 radical (unpaired) electrons. The standard InChI is InChI=1S/C20H25NO4/c1-13(2)10-18(22)19(23)21-17(20(24)25-3)12-14-8-9-15-6-4-5-7-16(15)11-14/h4-9,11,13,17-18,22H,10,12H2,1-3H3,(H,21,23)/t17-,18-/m0/s1. The number of carbonyl (C=O) groups excluding carboxylic acids is 2. The minimum atomic E-state index is -1.14. The molecule has 0 aliphatic carbocycles. The van der Waals surface area contributed by atoms with Crippen LogP contribution < -0.4 is 5.32 Å². The van der Waals surface area contributed by atoms with Gasteiger partial charge in [-0.3, -0.25) is 4.79 Å². The SMILES string of the molecule is COC(=O)[C@H](Cc1ccc2ccccc2c1)NC(=O)[C@@H](O)CC(C)C. The molecule has 0 aromatic heterocycles. The average Bonchev–Trinajstić information content (AvgIpc) is 2.59. The molecule has 5 nitrogen and oxygen atoms in total. The van der Waals surface area contributed by atoms with Crippen LogP contribution in [0.3, 0.4) is 0 Å². The van der Waals surface area contributed by atoms with Gasteiger partial charge in [0.1, 0.15) is 12.1 Å². The van der Waals surface area contributed by atoms with Crippen molar-refractivity contribution in [1.82, 2.24) is 5.32 Å². The molecule has 0 heterocycles. The number of nitrogens with one attached hydrogen (secondary N) is 1. The van der Waals surface area contributed by atoms with E-state index in [1.165, 1.54) is 7.11 Å². The van der Waals surface area contributed by atoms with E-state index in [1.54, 1.807) is 0 Å². The Kier molecular flexibility index (Phi) is 6.53. The van der Waals surface area contributed by atoms with Gasteiger partial charge in [-0.25, -0.2) is 4.79 Å². The third kappa shape index (κ3) is 5.29. The van der Waals surface area contributed by atoms with Crippen LogP contribution in [0, 0.1) is 5.92 Å². The van der Waals surface area contributed by atoms with Crippen LogP contribution >= 0.6 is 0 Å². The number of rotatable bonds is 7. The second-order valence-corrected chi connectivity index (χ2v) is 6.62. The minimum absolute atomic E-state index is 0.179. The van der Waals surface area contributed by atoms with E-state index in [0.29, 0.717) is 12.8 Å². The second-order valence-electron chi connectivity index (χ2n) is 6.62. The van der Waals surface area contributed by atoms with Crippen molar-refractivity contribution in [1.29, 1.82) is 0 Å². The molecule has 1 amide bonds. The van der Waals surface area contributed by atoms with Gasteiger partial charge in [-0.15, -0.1) is 0 Å². The maximum atomic E-state index is 12.1. The molecule has 2 aromatic carbocycles. The van der Waals surface area contributed by atoms with Crippen LogP contribution in [0.15, 0.2) is 42.5 Å². The van der Waals surface area contributed by atoms with E-state index in [4.69, 9.17) is 4.74 Å². The summed E-state index contributed by atoms with van der Waals surface area (Å²) < 4.78 is 4.80. The first-order valence-electron chi connectivity index (χ1n) is 8.44. The number of hydrogen-bond donors (Lipinski definition) is 2. The Bertz CT molecular complexity index is 741. The van der Waals surface area contributed by atoms with Gasteiger partial charge in [-0.2, -0.15) is 0 Å². The first-order chi connectivity index (χ1) is 11.9. The highest BCUT2D eigenvalue weighted by Gasteiger charge is 2.25. The first kappa shape index (κ1) is 18.9. The first-order valence-corrected chi connectivity index (χ1v) is 8.44. The van der Waals surface area contributed by atoms with E-state index in [1.807, 2.05) is 56.3 Å². The number of amides is 1. The van der Waals surface area contributed by atoms with Gasteiger partial charge >= 0.3 is 5.97 Å². The van der Waals surface area contributed by atoms with Crippen LogP contribution in [0.5, 0.6) is 0 Å². The van der Waals surface area contributed by atoms with E-state index < -0.39 is 24.0 Å². The summed E-state index contributed by atoms with van der Waals surface area (Å²) in [7, 11) is 1.28. The topological polar surface area (TPSA) is 75.6 Å². The highest BCUT2D eigenvalue weighted by Crippen LogP contribution is 2.17. The molecule has 134 valence electrons. The van der Waals surface area contributed by atoms with Crippen LogP contribution in [0.1, 0.15) is 25.8 Å². The molecule has 0 saturated carbocycles. The van der Waals surface area contributed by atoms with Crippen molar-refractivity contribution in [2.24, 2.45) is 5.92 Å². The highest BCUT2D eigenvalue weighted by atomic mass is 16.5. The van der Waals surface area contributed by atoms with Gasteiger partial charge in [0.05, 0.1) is 7.11 Å². The minimum Gasteiger partial charge on any atom is -0.467 e. The number of aliphatic hydroxyl groups excluding tert-OH is 1. The van der Waals surface area contributed by atoms with E-state index >= 15 is 0 Å². The molecule has 5 heteroatoms. The lowest BCUT2D eigenvalue weighted by Crippen LogP contribution is -2.47. The summed E-state index contributed by atoms with van der Waals surface area (Å²) in [5.41, 5.74) is 0.910. The van der Waals surface area contributed by atoms with E-state index in [-0.39, 0.29) is 5.92 Å². The highest BCUT2D eigenvalue weighted by molar-refractivity contribution is 5.87. The van der Waals surface area contributed by atoms with Gasteiger partial charge in [0.2, 0.25) is 5.91 Å². The molecule has 0 aliphatic heterocycles. The lowest BCUT2D eigenvalue weighted by molar-refractivity contribution is -0.146. The molecular formula is C20H25NO4. The smallest absolute Gasteiger partial charge is 0.328 e. The summed E-state index contributed by atoms with van der Waals surface area (Å²) in [5.74, 6) is -0.902. The van der Waals surface area contributed by atoms with Gasteiger partial charge in [-0.1, -0.05) is 56.3 Å². The van der Waals surface area contributed by atoms with Crippen molar-refractivity contribution >= 4 is 22.6 Å². The fraction of sp³-hybridized carbons (Fsp3) is 0.400. The van der Waals surface area contributed by atoms with Crippen molar-refractivity contribution in [3.63, 3.8) is 0 Å². The third-order valence-electron chi connectivity index (χ3n) is 4.05. The number of methoxy groups -OCH3 is 1. The Morgan fingerprint density at radius 1 is 1.12 bits per heavy atom. The Balaban J connectivity index is 2.13. The molecule has 2 atom stereocenters. The fourth-order valence-corrected chi connectivity index (χ4v) is 2.76. The van der Waals surface area contributed by atoms with Gasteiger partial charge in [-0.05, 0) is 28.7 Å². The lowest BCUT2D eigenvalue weighted by atomic mass is 10.0. The summed E-state index contributed by atoms with van der Waals surface area (Å²) in [6, 6.07) is 13.0. The number of ether oxygens (including phenoxy) is 1. The van der Waals surface area contributed by atoms with Crippen molar-refractivity contribution in [3.05, 3.63) is 48.0 Å². The van der Waals surface area contributed by atoms with Crippen LogP contribution in [-0.2, 0) is 20.7 Å². The zero-order valence-electron chi connectivity index (χ0n) is 14.9. The zero-order chi connectivity index (χ0) is 18.4. The summed E-state index contributed by atoms with van der Waals surface area (Å²) in [4.78, 5) is 24.2. The monoisotopic (exact) mass is 343 g/mol. The third-order valence-corrected chi connectivity index (χ3v) is 4.05. The largest absolute Gasteiger partial charge is 0.467 e. The normalized spacial score (nSPS) is 13.5. The average molecular weight is 343 g/mol. The van der Waals surface area contributed by atoms with E-state index in [9.17, 15) is 14.7 Å². The maximum absolute atomic E-state index is 12.1.